The van der Waals surface area contributed by atoms with Crippen molar-refractivity contribution in [2.24, 2.45) is 0 Å². The van der Waals surface area contributed by atoms with Crippen LogP contribution in [0.4, 0.5) is 0 Å². The number of hydrogen-bond acceptors (Lipinski definition) is 7. The number of carbonyl (C=O) groups excluding carboxylic acids is 1. The molecular formula is C25H28O7. The monoisotopic (exact) mass is 440 g/mol. The Hall–Kier alpha value is -3.35. The highest BCUT2D eigenvalue weighted by atomic mass is 16.7. The van der Waals surface area contributed by atoms with Crippen LogP contribution in [-0.4, -0.2) is 33.1 Å². The molecule has 0 aliphatic carbocycles. The molecule has 2 aliphatic heterocycles. The number of hydrogen-bond donors (Lipinski definition) is 0. The Morgan fingerprint density at radius 3 is 2.59 bits per heavy atom. The first kappa shape index (κ1) is 21.9. The van der Waals surface area contributed by atoms with Gasteiger partial charge < -0.3 is 28.4 Å². The summed E-state index contributed by atoms with van der Waals surface area (Å²) in [7, 11) is 1.35. The van der Waals surface area contributed by atoms with Crippen LogP contribution in [0.25, 0.3) is 5.76 Å². The maximum atomic E-state index is 12.9. The van der Waals surface area contributed by atoms with E-state index >= 15 is 0 Å². The van der Waals surface area contributed by atoms with Crippen LogP contribution in [0.3, 0.4) is 0 Å². The molecule has 4 rings (SSSR count). The molecule has 0 saturated carbocycles. The Kier molecular flexibility index (Phi) is 6.73. The number of rotatable bonds is 9. The van der Waals surface area contributed by atoms with Crippen molar-refractivity contribution in [3.05, 3.63) is 53.1 Å². The zero-order chi connectivity index (χ0) is 22.5. The molecule has 1 atom stereocenters. The van der Waals surface area contributed by atoms with E-state index < -0.39 is 12.1 Å². The van der Waals surface area contributed by atoms with E-state index in [2.05, 4.69) is 13.8 Å². The van der Waals surface area contributed by atoms with Gasteiger partial charge in [-0.15, -0.1) is 0 Å². The smallest absolute Gasteiger partial charge is 0.341 e. The van der Waals surface area contributed by atoms with E-state index in [-0.39, 0.29) is 6.79 Å². The summed E-state index contributed by atoms with van der Waals surface area (Å²) in [5, 5.41) is 0. The maximum absolute atomic E-state index is 12.9. The van der Waals surface area contributed by atoms with Crippen molar-refractivity contribution in [1.82, 2.24) is 0 Å². The highest BCUT2D eigenvalue weighted by Gasteiger charge is 2.37. The molecular weight excluding hydrogens is 412 g/mol. The fourth-order valence-electron chi connectivity index (χ4n) is 3.64. The number of methoxy groups -OCH3 is 1. The third-order valence-corrected chi connectivity index (χ3v) is 5.27. The lowest BCUT2D eigenvalue weighted by Crippen LogP contribution is -2.25. The number of benzene rings is 2. The van der Waals surface area contributed by atoms with Crippen molar-refractivity contribution < 1.29 is 33.2 Å². The summed E-state index contributed by atoms with van der Waals surface area (Å²) < 4.78 is 34.4. The lowest BCUT2D eigenvalue weighted by atomic mass is 9.94. The minimum Gasteiger partial charge on any atom is -0.493 e. The van der Waals surface area contributed by atoms with Gasteiger partial charge in [-0.2, -0.15) is 0 Å². The highest BCUT2D eigenvalue weighted by Crippen LogP contribution is 2.46. The molecule has 7 heteroatoms. The van der Waals surface area contributed by atoms with Crippen LogP contribution >= 0.6 is 0 Å². The van der Waals surface area contributed by atoms with Gasteiger partial charge in [-0.25, -0.2) is 4.79 Å². The predicted molar refractivity (Wildman–Crippen MR) is 118 cm³/mol. The Labute approximate surface area is 187 Å². The van der Waals surface area contributed by atoms with Gasteiger partial charge in [-0.3, -0.25) is 0 Å². The zero-order valence-electron chi connectivity index (χ0n) is 18.6. The van der Waals surface area contributed by atoms with E-state index in [9.17, 15) is 4.79 Å². The van der Waals surface area contributed by atoms with E-state index in [4.69, 9.17) is 28.4 Å². The van der Waals surface area contributed by atoms with Crippen molar-refractivity contribution in [1.29, 1.82) is 0 Å². The number of fused-ring (bicyclic) bond motifs is 2. The number of ether oxygens (including phenoxy) is 6. The third-order valence-electron chi connectivity index (χ3n) is 5.27. The van der Waals surface area contributed by atoms with Gasteiger partial charge in [0.05, 0.1) is 25.9 Å². The van der Waals surface area contributed by atoms with Crippen molar-refractivity contribution in [3.63, 3.8) is 0 Å². The van der Waals surface area contributed by atoms with Crippen molar-refractivity contribution >= 4 is 11.7 Å². The molecule has 0 saturated heterocycles. The standard InChI is InChI=1S/C25H28O7/c1-4-6-12-29-24-18-9-8-17(28-11-5-2)14-20(18)32-23(22(24)25(26)27-3)16-7-10-19-21(13-16)31-15-30-19/h7-10,13-14,23H,4-6,11-12,15H2,1-3H3. The molecule has 2 heterocycles. The molecule has 2 aromatic carbocycles. The van der Waals surface area contributed by atoms with Gasteiger partial charge in [0, 0.05) is 11.6 Å². The van der Waals surface area contributed by atoms with Crippen LogP contribution < -0.4 is 18.9 Å². The van der Waals surface area contributed by atoms with Gasteiger partial charge in [0.1, 0.15) is 22.8 Å². The molecule has 0 fully saturated rings. The van der Waals surface area contributed by atoms with Gasteiger partial charge in [0.2, 0.25) is 6.79 Å². The molecule has 0 bridgehead atoms. The predicted octanol–water partition coefficient (Wildman–Crippen LogP) is 5.04. The quantitative estimate of drug-likeness (QED) is 0.400. The van der Waals surface area contributed by atoms with Crippen LogP contribution in [0.15, 0.2) is 42.0 Å². The largest absolute Gasteiger partial charge is 0.493 e. The van der Waals surface area contributed by atoms with Crippen LogP contribution in [-0.2, 0) is 14.3 Å². The minimum atomic E-state index is -0.734. The zero-order valence-corrected chi connectivity index (χ0v) is 18.6. The van der Waals surface area contributed by atoms with Crippen LogP contribution in [0.5, 0.6) is 23.0 Å². The Bertz CT molecular complexity index is 1010. The van der Waals surface area contributed by atoms with Gasteiger partial charge in [-0.1, -0.05) is 26.3 Å². The van der Waals surface area contributed by atoms with E-state index in [0.717, 1.165) is 24.8 Å². The summed E-state index contributed by atoms with van der Waals surface area (Å²) >= 11 is 0. The first-order chi connectivity index (χ1) is 15.7. The number of unbranched alkanes of at least 4 members (excludes halogenated alkanes) is 1. The fourth-order valence-corrected chi connectivity index (χ4v) is 3.64. The summed E-state index contributed by atoms with van der Waals surface area (Å²) in [5.74, 6) is 2.51. The molecule has 0 spiro atoms. The first-order valence-electron chi connectivity index (χ1n) is 10.9. The maximum Gasteiger partial charge on any atom is 0.341 e. The minimum absolute atomic E-state index is 0.163. The molecule has 32 heavy (non-hydrogen) atoms. The van der Waals surface area contributed by atoms with Crippen molar-refractivity contribution in [2.45, 2.75) is 39.2 Å². The summed E-state index contributed by atoms with van der Waals surface area (Å²) in [6.07, 6.45) is 2.00. The number of esters is 1. The summed E-state index contributed by atoms with van der Waals surface area (Å²) in [6, 6.07) is 11.0. The van der Waals surface area contributed by atoms with Crippen LogP contribution in [0.2, 0.25) is 0 Å². The van der Waals surface area contributed by atoms with E-state index in [1.807, 2.05) is 36.4 Å². The molecule has 0 amide bonds. The second-order valence-corrected chi connectivity index (χ2v) is 7.55. The van der Waals surface area contributed by atoms with Crippen LogP contribution in [0, 0.1) is 0 Å². The van der Waals surface area contributed by atoms with Crippen LogP contribution in [0.1, 0.15) is 50.3 Å². The van der Waals surface area contributed by atoms with Crippen molar-refractivity contribution in [3.8, 4) is 23.0 Å². The van der Waals surface area contributed by atoms with Gasteiger partial charge >= 0.3 is 5.97 Å². The normalized spacial score (nSPS) is 16.3. The Morgan fingerprint density at radius 2 is 1.81 bits per heavy atom. The van der Waals surface area contributed by atoms with Crippen molar-refractivity contribution in [2.75, 3.05) is 27.1 Å². The Morgan fingerprint density at radius 1 is 0.969 bits per heavy atom. The van der Waals surface area contributed by atoms with E-state index in [1.54, 1.807) is 0 Å². The second kappa shape index (κ2) is 9.85. The van der Waals surface area contributed by atoms with E-state index in [0.29, 0.717) is 53.1 Å². The molecule has 2 aromatic rings. The lowest BCUT2D eigenvalue weighted by Gasteiger charge is -2.30. The molecule has 0 aromatic heterocycles. The average molecular weight is 440 g/mol. The second-order valence-electron chi connectivity index (χ2n) is 7.55. The number of carbonyl (C=O) groups is 1. The molecule has 0 N–H and O–H groups in total. The molecule has 2 aliphatic rings. The fraction of sp³-hybridized carbons (Fsp3) is 0.400. The van der Waals surface area contributed by atoms with E-state index in [1.165, 1.54) is 7.11 Å². The van der Waals surface area contributed by atoms with Gasteiger partial charge in [0.15, 0.2) is 17.6 Å². The SMILES string of the molecule is CCCCOC1=C(C(=O)OC)C(c2ccc3c(c2)OCO3)Oc2cc(OCCC)ccc21. The van der Waals surface area contributed by atoms with Gasteiger partial charge in [0.25, 0.3) is 0 Å². The Balaban J connectivity index is 1.81. The molecule has 0 radical (unpaired) electrons. The van der Waals surface area contributed by atoms with Gasteiger partial charge in [-0.05, 0) is 37.1 Å². The first-order valence-corrected chi connectivity index (χ1v) is 10.9. The lowest BCUT2D eigenvalue weighted by molar-refractivity contribution is -0.137. The highest BCUT2D eigenvalue weighted by molar-refractivity contribution is 5.99. The summed E-state index contributed by atoms with van der Waals surface area (Å²) in [4.78, 5) is 12.9. The molecule has 170 valence electrons. The summed E-state index contributed by atoms with van der Waals surface area (Å²) in [5.41, 5.74) is 1.75. The summed E-state index contributed by atoms with van der Waals surface area (Å²) in [6.45, 7) is 5.39. The molecule has 1 unspecified atom stereocenters. The topological polar surface area (TPSA) is 72.5 Å². The molecule has 7 nitrogen and oxygen atoms in total. The average Bonchev–Trinajstić information content (AvgIpc) is 3.29. The third kappa shape index (κ3) is 4.33.